The standard InChI is InChI=1S/C12H13N7O3/c1-22-7-4-2-6(3-5-7)16-17-8-9(13)18-19-10(8)14-11(20)15-12(19)21/h2-5,16-17H,1H3,(H2,13,18)(H2,14,15,20,21). The van der Waals surface area contributed by atoms with Gasteiger partial charge < -0.3 is 15.9 Å². The Morgan fingerprint density at radius 1 is 1.18 bits per heavy atom. The minimum Gasteiger partial charge on any atom is -0.497 e. The molecular formula is C12H13N7O3. The molecule has 3 aromatic rings. The number of hydrazine groups is 1. The Kier molecular flexibility index (Phi) is 3.18. The van der Waals surface area contributed by atoms with E-state index in [1.807, 2.05) is 0 Å². The summed E-state index contributed by atoms with van der Waals surface area (Å²) in [5, 5.41) is 3.85. The van der Waals surface area contributed by atoms with Crippen molar-refractivity contribution in [2.24, 2.45) is 0 Å². The van der Waals surface area contributed by atoms with Gasteiger partial charge in [-0.25, -0.2) is 9.59 Å². The largest absolute Gasteiger partial charge is 0.497 e. The van der Waals surface area contributed by atoms with Crippen LogP contribution in [0.5, 0.6) is 5.75 Å². The lowest BCUT2D eigenvalue weighted by atomic mass is 10.3. The van der Waals surface area contributed by atoms with Gasteiger partial charge in [-0.2, -0.15) is 4.52 Å². The highest BCUT2D eigenvalue weighted by Gasteiger charge is 2.13. The Hall–Kier alpha value is -3.43. The molecule has 2 aromatic heterocycles. The van der Waals surface area contributed by atoms with Crippen molar-refractivity contribution in [3.05, 3.63) is 45.2 Å². The number of benzene rings is 1. The minimum absolute atomic E-state index is 0.0633. The molecule has 0 saturated heterocycles. The topological polar surface area (TPSA) is 142 Å². The van der Waals surface area contributed by atoms with E-state index < -0.39 is 11.4 Å². The molecule has 1 aromatic carbocycles. The van der Waals surface area contributed by atoms with Crippen LogP contribution in [0, 0.1) is 0 Å². The number of hydrogen-bond donors (Lipinski definition) is 5. The molecule has 0 fully saturated rings. The maximum absolute atomic E-state index is 11.6. The van der Waals surface area contributed by atoms with Crippen molar-refractivity contribution in [1.29, 1.82) is 0 Å². The van der Waals surface area contributed by atoms with E-state index in [1.54, 1.807) is 31.4 Å². The van der Waals surface area contributed by atoms with Crippen molar-refractivity contribution in [1.82, 2.24) is 19.6 Å². The molecule has 2 heterocycles. The van der Waals surface area contributed by atoms with Crippen molar-refractivity contribution in [3.63, 3.8) is 0 Å². The molecule has 0 aliphatic rings. The molecule has 0 aliphatic carbocycles. The highest BCUT2D eigenvalue weighted by Crippen LogP contribution is 2.21. The first kappa shape index (κ1) is 13.5. The minimum atomic E-state index is -0.678. The van der Waals surface area contributed by atoms with E-state index in [0.717, 1.165) is 16.0 Å². The van der Waals surface area contributed by atoms with Gasteiger partial charge in [0.25, 0.3) is 0 Å². The van der Waals surface area contributed by atoms with Gasteiger partial charge in [-0.15, -0.1) is 5.10 Å². The molecular weight excluding hydrogens is 290 g/mol. The van der Waals surface area contributed by atoms with Crippen LogP contribution in [0.4, 0.5) is 17.2 Å². The Balaban J connectivity index is 1.91. The number of hydrogen-bond acceptors (Lipinski definition) is 7. The maximum Gasteiger partial charge on any atom is 0.352 e. The normalized spacial score (nSPS) is 10.6. The smallest absolute Gasteiger partial charge is 0.352 e. The van der Waals surface area contributed by atoms with E-state index in [-0.39, 0.29) is 11.5 Å². The summed E-state index contributed by atoms with van der Waals surface area (Å²) in [6.07, 6.45) is 0. The lowest BCUT2D eigenvalue weighted by Crippen LogP contribution is -2.28. The molecule has 114 valence electrons. The van der Waals surface area contributed by atoms with Crippen molar-refractivity contribution in [3.8, 4) is 5.75 Å². The Morgan fingerprint density at radius 2 is 1.91 bits per heavy atom. The zero-order chi connectivity index (χ0) is 15.7. The highest BCUT2D eigenvalue weighted by atomic mass is 16.5. The van der Waals surface area contributed by atoms with Gasteiger partial charge in [0.2, 0.25) is 0 Å². The van der Waals surface area contributed by atoms with E-state index in [1.165, 1.54) is 0 Å². The highest BCUT2D eigenvalue weighted by molar-refractivity contribution is 5.79. The third kappa shape index (κ3) is 2.32. The average molecular weight is 303 g/mol. The van der Waals surface area contributed by atoms with E-state index in [9.17, 15) is 9.59 Å². The summed E-state index contributed by atoms with van der Waals surface area (Å²) in [6.45, 7) is 0. The van der Waals surface area contributed by atoms with Crippen LogP contribution in [0.25, 0.3) is 5.65 Å². The fraction of sp³-hybridized carbons (Fsp3) is 0.0833. The van der Waals surface area contributed by atoms with Crippen LogP contribution >= 0.6 is 0 Å². The van der Waals surface area contributed by atoms with Gasteiger partial charge in [-0.05, 0) is 24.3 Å². The number of nitrogen functional groups attached to an aromatic ring is 1. The summed E-state index contributed by atoms with van der Waals surface area (Å²) < 4.78 is 6.03. The van der Waals surface area contributed by atoms with Gasteiger partial charge >= 0.3 is 11.4 Å². The summed E-state index contributed by atoms with van der Waals surface area (Å²) in [6, 6.07) is 7.11. The van der Waals surface area contributed by atoms with Crippen LogP contribution in [0.15, 0.2) is 33.9 Å². The van der Waals surface area contributed by atoms with Crippen LogP contribution in [-0.2, 0) is 0 Å². The number of nitrogens with zero attached hydrogens (tertiary/aromatic N) is 2. The molecule has 0 radical (unpaired) electrons. The van der Waals surface area contributed by atoms with Crippen molar-refractivity contribution in [2.75, 3.05) is 23.7 Å². The Labute approximate surface area is 122 Å². The first-order valence-corrected chi connectivity index (χ1v) is 6.25. The second kappa shape index (κ2) is 5.16. The first-order chi connectivity index (χ1) is 10.6. The quantitative estimate of drug-likeness (QED) is 0.418. The van der Waals surface area contributed by atoms with E-state index in [4.69, 9.17) is 10.5 Å². The van der Waals surface area contributed by atoms with Crippen LogP contribution in [0.1, 0.15) is 0 Å². The third-order valence-corrected chi connectivity index (χ3v) is 2.98. The predicted octanol–water partition coefficient (Wildman–Crippen LogP) is -0.259. The lowest BCUT2D eigenvalue weighted by molar-refractivity contribution is 0.415. The molecule has 0 atom stereocenters. The van der Waals surface area contributed by atoms with Gasteiger partial charge in [0.1, 0.15) is 11.4 Å². The van der Waals surface area contributed by atoms with Gasteiger partial charge in [0.15, 0.2) is 11.5 Å². The summed E-state index contributed by atoms with van der Waals surface area (Å²) in [5.41, 5.74) is 11.3. The van der Waals surface area contributed by atoms with Crippen molar-refractivity contribution < 1.29 is 4.74 Å². The monoisotopic (exact) mass is 303 g/mol. The molecule has 6 N–H and O–H groups in total. The number of H-pyrrole nitrogens is 2. The molecule has 0 bridgehead atoms. The second-order valence-corrected chi connectivity index (χ2v) is 4.38. The molecule has 10 nitrogen and oxygen atoms in total. The summed E-state index contributed by atoms with van der Waals surface area (Å²) in [7, 11) is 1.58. The molecule has 0 aliphatic heterocycles. The fourth-order valence-electron chi connectivity index (χ4n) is 1.92. The molecule has 22 heavy (non-hydrogen) atoms. The van der Waals surface area contributed by atoms with Gasteiger partial charge in [-0.3, -0.25) is 15.4 Å². The zero-order valence-electron chi connectivity index (χ0n) is 11.5. The predicted molar refractivity (Wildman–Crippen MR) is 81.1 cm³/mol. The number of nitrogens with one attached hydrogen (secondary N) is 4. The van der Waals surface area contributed by atoms with Crippen LogP contribution < -0.4 is 32.7 Å². The molecule has 3 rings (SSSR count). The molecule has 0 unspecified atom stereocenters. The molecule has 0 amide bonds. The van der Waals surface area contributed by atoms with Gasteiger partial charge in [0, 0.05) is 0 Å². The summed E-state index contributed by atoms with van der Waals surface area (Å²) in [5.74, 6) is 0.783. The van der Waals surface area contributed by atoms with Crippen LogP contribution in [0.3, 0.4) is 0 Å². The number of methoxy groups -OCH3 is 1. The lowest BCUT2D eigenvalue weighted by Gasteiger charge is -2.09. The number of anilines is 3. The average Bonchev–Trinajstić information content (AvgIpc) is 2.82. The summed E-state index contributed by atoms with van der Waals surface area (Å²) >= 11 is 0. The molecule has 10 heteroatoms. The third-order valence-electron chi connectivity index (χ3n) is 2.98. The Bertz CT molecular complexity index is 923. The van der Waals surface area contributed by atoms with Crippen molar-refractivity contribution in [2.45, 2.75) is 0 Å². The van der Waals surface area contributed by atoms with E-state index in [0.29, 0.717) is 5.69 Å². The number of rotatable bonds is 4. The Morgan fingerprint density at radius 3 is 2.59 bits per heavy atom. The molecule has 0 spiro atoms. The number of ether oxygens (including phenoxy) is 1. The second-order valence-electron chi connectivity index (χ2n) is 4.38. The number of aromatic amines is 2. The molecule has 0 saturated carbocycles. The van der Waals surface area contributed by atoms with Crippen molar-refractivity contribution >= 4 is 22.8 Å². The van der Waals surface area contributed by atoms with E-state index in [2.05, 4.69) is 25.9 Å². The number of aromatic nitrogens is 4. The number of fused-ring (bicyclic) bond motifs is 1. The number of nitrogens with two attached hydrogens (primary N) is 1. The van der Waals surface area contributed by atoms with Gasteiger partial charge in [0.05, 0.1) is 12.8 Å². The summed E-state index contributed by atoms with van der Waals surface area (Å²) in [4.78, 5) is 27.5. The SMILES string of the molecule is COc1ccc(NNc2c(N)nn3c(=O)[nH]c(=O)[nH]c23)cc1. The van der Waals surface area contributed by atoms with Gasteiger partial charge in [-0.1, -0.05) is 0 Å². The first-order valence-electron chi connectivity index (χ1n) is 6.25. The zero-order valence-corrected chi connectivity index (χ0v) is 11.5. The van der Waals surface area contributed by atoms with E-state index >= 15 is 0 Å². The van der Waals surface area contributed by atoms with Crippen LogP contribution in [0.2, 0.25) is 0 Å². The van der Waals surface area contributed by atoms with Crippen LogP contribution in [-0.4, -0.2) is 26.7 Å². The maximum atomic E-state index is 11.6. The fourth-order valence-corrected chi connectivity index (χ4v) is 1.92.